The van der Waals surface area contributed by atoms with Crippen LogP contribution in [-0.2, 0) is 4.79 Å². The number of rotatable bonds is 9. The molecule has 0 spiro atoms. The van der Waals surface area contributed by atoms with Gasteiger partial charge in [-0.15, -0.1) is 0 Å². The zero-order valence-corrected chi connectivity index (χ0v) is 14.4. The van der Waals surface area contributed by atoms with Crippen LogP contribution < -0.4 is 10.1 Å². The number of benzene rings is 2. The molecule has 1 N–H and O–H groups in total. The van der Waals surface area contributed by atoms with E-state index in [-0.39, 0.29) is 29.6 Å². The maximum Gasteiger partial charge on any atom is 0.292 e. The van der Waals surface area contributed by atoms with E-state index in [0.717, 1.165) is 0 Å². The third-order valence-corrected chi connectivity index (χ3v) is 3.55. The zero-order valence-electron chi connectivity index (χ0n) is 14.4. The number of nitrogens with one attached hydrogen (secondary N) is 1. The van der Waals surface area contributed by atoms with E-state index in [1.54, 1.807) is 36.2 Å². The highest BCUT2D eigenvalue weighted by molar-refractivity contribution is 5.94. The van der Waals surface area contributed by atoms with Crippen molar-refractivity contribution in [2.75, 3.05) is 32.1 Å². The van der Waals surface area contributed by atoms with Crippen LogP contribution in [0.15, 0.2) is 48.5 Å². The molecule has 2 rings (SSSR count). The van der Waals surface area contributed by atoms with E-state index in [2.05, 4.69) is 5.32 Å². The average Bonchev–Trinajstić information content (AvgIpc) is 2.60. The second-order valence-corrected chi connectivity index (χ2v) is 5.72. The summed E-state index contributed by atoms with van der Waals surface area (Å²) < 4.78 is 18.3. The van der Waals surface area contributed by atoms with Crippen molar-refractivity contribution in [3.8, 4) is 5.75 Å². The summed E-state index contributed by atoms with van der Waals surface area (Å²) in [4.78, 5) is 24.2. The molecule has 0 aliphatic rings. The van der Waals surface area contributed by atoms with Crippen molar-refractivity contribution in [3.63, 3.8) is 0 Å². The lowest BCUT2D eigenvalue weighted by atomic mass is 10.2. The Morgan fingerprint density at radius 1 is 1.23 bits per heavy atom. The lowest BCUT2D eigenvalue weighted by molar-refractivity contribution is -0.383. The third kappa shape index (κ3) is 6.14. The molecular weight excluding hydrogens is 341 g/mol. The van der Waals surface area contributed by atoms with Gasteiger partial charge in [-0.05, 0) is 43.8 Å². The maximum atomic E-state index is 12.8. The fraction of sp³-hybridized carbons (Fsp3) is 0.278. The molecule has 0 unspecified atom stereocenters. The molecule has 0 saturated heterocycles. The Kier molecular flexibility index (Phi) is 7.04. The maximum absolute atomic E-state index is 12.8. The smallest absolute Gasteiger partial charge is 0.292 e. The van der Waals surface area contributed by atoms with E-state index in [1.807, 2.05) is 0 Å². The second-order valence-electron chi connectivity index (χ2n) is 5.72. The van der Waals surface area contributed by atoms with Crippen LogP contribution in [-0.4, -0.2) is 42.5 Å². The molecule has 0 aliphatic carbocycles. The molecule has 2 aromatic carbocycles. The van der Waals surface area contributed by atoms with Gasteiger partial charge in [-0.2, -0.15) is 0 Å². The van der Waals surface area contributed by atoms with Gasteiger partial charge in [0.15, 0.2) is 0 Å². The van der Waals surface area contributed by atoms with Gasteiger partial charge >= 0.3 is 0 Å². The first-order chi connectivity index (χ1) is 12.5. The number of halogens is 1. The van der Waals surface area contributed by atoms with Crippen LogP contribution >= 0.6 is 0 Å². The number of likely N-dealkylation sites (N-methyl/N-ethyl adjacent to an activating group) is 1. The number of ether oxygens (including phenoxy) is 1. The van der Waals surface area contributed by atoms with Crippen LogP contribution in [0.25, 0.3) is 0 Å². The molecule has 138 valence electrons. The highest BCUT2D eigenvalue weighted by atomic mass is 19.1. The Hall–Kier alpha value is -3.00. The molecule has 7 nitrogen and oxygen atoms in total. The number of nitro groups is 1. The molecule has 0 aliphatic heterocycles. The van der Waals surface area contributed by atoms with Crippen molar-refractivity contribution in [1.82, 2.24) is 4.90 Å². The number of nitrogens with zero attached hydrogens (tertiary/aromatic N) is 2. The summed E-state index contributed by atoms with van der Waals surface area (Å²) in [5.74, 6) is -0.0637. The van der Waals surface area contributed by atoms with E-state index >= 15 is 0 Å². The molecule has 8 heteroatoms. The van der Waals surface area contributed by atoms with Gasteiger partial charge in [0.1, 0.15) is 17.3 Å². The summed E-state index contributed by atoms with van der Waals surface area (Å²) >= 11 is 0. The highest BCUT2D eigenvalue weighted by Gasteiger charge is 2.15. The lowest BCUT2D eigenvalue weighted by Crippen LogP contribution is -2.31. The minimum Gasteiger partial charge on any atom is -0.494 e. The van der Waals surface area contributed by atoms with Crippen LogP contribution in [0, 0.1) is 15.9 Å². The first-order valence-electron chi connectivity index (χ1n) is 8.06. The minimum atomic E-state index is -0.536. The van der Waals surface area contributed by atoms with Crippen molar-refractivity contribution in [2.45, 2.75) is 6.42 Å². The predicted molar refractivity (Wildman–Crippen MR) is 95.7 cm³/mol. The van der Waals surface area contributed by atoms with Gasteiger partial charge in [0.05, 0.1) is 18.1 Å². The van der Waals surface area contributed by atoms with Crippen LogP contribution in [0.1, 0.15) is 6.42 Å². The molecule has 0 fully saturated rings. The van der Waals surface area contributed by atoms with Crippen molar-refractivity contribution >= 4 is 17.3 Å². The van der Waals surface area contributed by atoms with Crippen molar-refractivity contribution < 1.29 is 18.8 Å². The van der Waals surface area contributed by atoms with Gasteiger partial charge < -0.3 is 10.1 Å². The molecule has 0 bridgehead atoms. The van der Waals surface area contributed by atoms with Crippen LogP contribution in [0.2, 0.25) is 0 Å². The summed E-state index contributed by atoms with van der Waals surface area (Å²) in [6.45, 7) is 1.13. The van der Waals surface area contributed by atoms with E-state index in [0.29, 0.717) is 25.3 Å². The van der Waals surface area contributed by atoms with Gasteiger partial charge in [0.2, 0.25) is 5.91 Å². The Morgan fingerprint density at radius 3 is 2.62 bits per heavy atom. The summed E-state index contributed by atoms with van der Waals surface area (Å²) in [5, 5.41) is 13.5. The van der Waals surface area contributed by atoms with E-state index in [4.69, 9.17) is 4.74 Å². The highest BCUT2D eigenvalue weighted by Crippen LogP contribution is 2.22. The van der Waals surface area contributed by atoms with E-state index in [9.17, 15) is 19.3 Å². The monoisotopic (exact) mass is 361 g/mol. The summed E-state index contributed by atoms with van der Waals surface area (Å²) in [7, 11) is 1.77. The number of carbonyl (C=O) groups is 1. The summed E-state index contributed by atoms with van der Waals surface area (Å²) in [6.07, 6.45) is 0.673. The fourth-order valence-electron chi connectivity index (χ4n) is 2.31. The second kappa shape index (κ2) is 9.47. The van der Waals surface area contributed by atoms with Gasteiger partial charge in [0, 0.05) is 12.6 Å². The third-order valence-electron chi connectivity index (χ3n) is 3.55. The molecule has 0 radical (unpaired) electrons. The Morgan fingerprint density at radius 2 is 1.92 bits per heavy atom. The number of anilines is 1. The number of para-hydroxylation sites is 2. The fourth-order valence-corrected chi connectivity index (χ4v) is 2.31. The zero-order chi connectivity index (χ0) is 18.9. The number of carbonyl (C=O) groups excluding carboxylic acids is 1. The normalized spacial score (nSPS) is 10.6. The molecule has 0 atom stereocenters. The van der Waals surface area contributed by atoms with Crippen LogP contribution in [0.5, 0.6) is 5.75 Å². The van der Waals surface area contributed by atoms with Gasteiger partial charge in [-0.3, -0.25) is 19.8 Å². The van der Waals surface area contributed by atoms with Gasteiger partial charge in [-0.25, -0.2) is 4.39 Å². The molecule has 2 aromatic rings. The van der Waals surface area contributed by atoms with Gasteiger partial charge in [0.25, 0.3) is 5.69 Å². The summed E-state index contributed by atoms with van der Waals surface area (Å²) in [6, 6.07) is 11.8. The Labute approximate surface area is 150 Å². The Balaban J connectivity index is 1.72. The predicted octanol–water partition coefficient (Wildman–Crippen LogP) is 3.07. The van der Waals surface area contributed by atoms with Crippen molar-refractivity contribution in [3.05, 3.63) is 64.5 Å². The average molecular weight is 361 g/mol. The number of hydrogen-bond acceptors (Lipinski definition) is 5. The molecule has 26 heavy (non-hydrogen) atoms. The number of hydrogen-bond donors (Lipinski definition) is 1. The van der Waals surface area contributed by atoms with Crippen molar-refractivity contribution in [1.29, 1.82) is 0 Å². The van der Waals surface area contributed by atoms with E-state index in [1.165, 1.54) is 24.3 Å². The quantitative estimate of drug-likeness (QED) is 0.421. The van der Waals surface area contributed by atoms with Crippen molar-refractivity contribution in [2.24, 2.45) is 0 Å². The number of nitro benzene ring substituents is 1. The molecule has 0 aromatic heterocycles. The first-order valence-corrected chi connectivity index (χ1v) is 8.06. The van der Waals surface area contributed by atoms with Crippen LogP contribution in [0.3, 0.4) is 0 Å². The van der Waals surface area contributed by atoms with Gasteiger partial charge in [-0.1, -0.05) is 12.1 Å². The standard InChI is InChI=1S/C18H20FN3O4/c1-21(11-4-12-26-15-9-7-14(19)8-10-15)13-18(23)20-16-5-2-3-6-17(16)22(24)25/h2-3,5-10H,4,11-13H2,1H3,(H,20,23). The van der Waals surface area contributed by atoms with Crippen LogP contribution in [0.4, 0.5) is 15.8 Å². The summed E-state index contributed by atoms with van der Waals surface area (Å²) in [5.41, 5.74) is 0.0340. The molecule has 0 saturated carbocycles. The largest absolute Gasteiger partial charge is 0.494 e. The molecule has 0 heterocycles. The number of amides is 1. The lowest BCUT2D eigenvalue weighted by Gasteiger charge is -2.16. The molecule has 1 amide bonds. The Bertz CT molecular complexity index is 752. The first kappa shape index (κ1) is 19.3. The SMILES string of the molecule is CN(CCCOc1ccc(F)cc1)CC(=O)Nc1ccccc1[N+](=O)[O-]. The topological polar surface area (TPSA) is 84.7 Å². The minimum absolute atomic E-state index is 0.0998. The molecular formula is C18H20FN3O4. The van der Waals surface area contributed by atoms with E-state index < -0.39 is 4.92 Å².